The molecule has 0 aliphatic rings. The van der Waals surface area contributed by atoms with Gasteiger partial charge in [0.15, 0.2) is 11.2 Å². The molecule has 2 aromatic heterocycles. The van der Waals surface area contributed by atoms with E-state index in [1.165, 1.54) is 25.8 Å². The van der Waals surface area contributed by atoms with E-state index in [0.29, 0.717) is 5.69 Å². The predicted molar refractivity (Wildman–Crippen MR) is 91.9 cm³/mol. The molecule has 0 spiro atoms. The maximum Gasteiger partial charge on any atom is 0.332 e. The summed E-state index contributed by atoms with van der Waals surface area (Å²) in [4.78, 5) is 32.9. The minimum absolute atomic E-state index is 0.119. The third-order valence-corrected chi connectivity index (χ3v) is 3.70. The van der Waals surface area contributed by atoms with Crippen LogP contribution < -0.4 is 16.0 Å². The maximum atomic E-state index is 12.3. The molecule has 7 heteroatoms. The first-order valence-corrected chi connectivity index (χ1v) is 7.28. The van der Waals surface area contributed by atoms with E-state index >= 15 is 0 Å². The van der Waals surface area contributed by atoms with Crippen LogP contribution >= 0.6 is 0 Å². The smallest absolute Gasteiger partial charge is 0.332 e. The average molecular weight is 324 g/mol. The average Bonchev–Trinajstić information content (AvgIpc) is 2.63. The van der Waals surface area contributed by atoms with Crippen LogP contribution in [0.3, 0.4) is 0 Å². The van der Waals surface area contributed by atoms with Crippen LogP contribution in [0.15, 0.2) is 39.9 Å². The Bertz CT molecular complexity index is 1050. The van der Waals surface area contributed by atoms with E-state index in [-0.39, 0.29) is 17.0 Å². The number of methoxy groups -OCH3 is 1. The molecular formula is C17H16N4O3. The van der Waals surface area contributed by atoms with Gasteiger partial charge in [-0.1, -0.05) is 36.4 Å². The van der Waals surface area contributed by atoms with E-state index in [9.17, 15) is 9.59 Å². The second-order valence-corrected chi connectivity index (χ2v) is 5.24. The van der Waals surface area contributed by atoms with Gasteiger partial charge in [0, 0.05) is 14.1 Å². The maximum absolute atomic E-state index is 12.3. The van der Waals surface area contributed by atoms with Gasteiger partial charge in [-0.15, -0.1) is 0 Å². The molecule has 0 amide bonds. The lowest BCUT2D eigenvalue weighted by molar-refractivity contribution is 0.395. The monoisotopic (exact) mass is 324 g/mol. The molecule has 0 bridgehead atoms. The zero-order valence-corrected chi connectivity index (χ0v) is 13.6. The number of ether oxygens (including phenoxy) is 1. The second kappa shape index (κ2) is 6.11. The van der Waals surface area contributed by atoms with Crippen LogP contribution in [0.5, 0.6) is 5.88 Å². The highest BCUT2D eigenvalue weighted by atomic mass is 16.5. The molecule has 0 aliphatic carbocycles. The summed E-state index contributed by atoms with van der Waals surface area (Å²) in [6, 6.07) is 9.67. The minimum Gasteiger partial charge on any atom is -0.479 e. The lowest BCUT2D eigenvalue weighted by Crippen LogP contribution is -2.37. The van der Waals surface area contributed by atoms with Crippen molar-refractivity contribution in [2.75, 3.05) is 7.11 Å². The fraction of sp³-hybridized carbons (Fsp3) is 0.176. The highest BCUT2D eigenvalue weighted by molar-refractivity contribution is 5.76. The molecule has 0 radical (unpaired) electrons. The first-order chi connectivity index (χ1) is 11.5. The second-order valence-electron chi connectivity index (χ2n) is 5.24. The Balaban J connectivity index is 2.24. The van der Waals surface area contributed by atoms with Crippen LogP contribution in [0.4, 0.5) is 0 Å². The Hall–Kier alpha value is -3.22. The number of benzene rings is 1. The quantitative estimate of drug-likeness (QED) is 0.723. The molecule has 24 heavy (non-hydrogen) atoms. The van der Waals surface area contributed by atoms with Gasteiger partial charge in [0.1, 0.15) is 5.69 Å². The van der Waals surface area contributed by atoms with Crippen molar-refractivity contribution in [3.63, 3.8) is 0 Å². The Kier molecular flexibility index (Phi) is 3.99. The van der Waals surface area contributed by atoms with Gasteiger partial charge in [-0.05, 0) is 11.6 Å². The molecule has 2 heterocycles. The molecule has 0 fully saturated rings. The minimum atomic E-state index is -0.488. The summed E-state index contributed by atoms with van der Waals surface area (Å²) >= 11 is 0. The molecule has 122 valence electrons. The van der Waals surface area contributed by atoms with Crippen molar-refractivity contribution in [2.45, 2.75) is 0 Å². The third-order valence-electron chi connectivity index (χ3n) is 3.70. The highest BCUT2D eigenvalue weighted by Gasteiger charge is 2.15. The van der Waals surface area contributed by atoms with Gasteiger partial charge in [0.25, 0.3) is 5.56 Å². The molecule has 3 rings (SSSR count). The van der Waals surface area contributed by atoms with Crippen LogP contribution in [-0.2, 0) is 14.1 Å². The number of aryl methyl sites for hydroxylation is 1. The molecule has 7 nitrogen and oxygen atoms in total. The number of nitrogens with zero attached hydrogens (tertiary/aromatic N) is 4. The molecule has 0 atom stereocenters. The van der Waals surface area contributed by atoms with Crippen molar-refractivity contribution >= 4 is 23.3 Å². The summed E-state index contributed by atoms with van der Waals surface area (Å²) in [5.74, 6) is 0.248. The highest BCUT2D eigenvalue weighted by Crippen LogP contribution is 2.18. The predicted octanol–water partition coefficient (Wildman–Crippen LogP) is 1.21. The van der Waals surface area contributed by atoms with E-state index in [0.717, 1.165) is 10.1 Å². The summed E-state index contributed by atoms with van der Waals surface area (Å²) in [5.41, 5.74) is 0.762. The third kappa shape index (κ3) is 2.60. The largest absolute Gasteiger partial charge is 0.479 e. The molecule has 3 aromatic rings. The van der Waals surface area contributed by atoms with Crippen molar-refractivity contribution in [3.05, 3.63) is 62.4 Å². The lowest BCUT2D eigenvalue weighted by atomic mass is 10.2. The van der Waals surface area contributed by atoms with Crippen LogP contribution in [-0.4, -0.2) is 26.2 Å². The van der Waals surface area contributed by atoms with Gasteiger partial charge in [0.2, 0.25) is 5.88 Å². The molecule has 0 N–H and O–H groups in total. The molecule has 0 saturated heterocycles. The number of hydrogen-bond donors (Lipinski definition) is 0. The fourth-order valence-electron chi connectivity index (χ4n) is 2.36. The summed E-state index contributed by atoms with van der Waals surface area (Å²) < 4.78 is 7.54. The first kappa shape index (κ1) is 15.7. The van der Waals surface area contributed by atoms with Gasteiger partial charge >= 0.3 is 5.69 Å². The van der Waals surface area contributed by atoms with E-state index in [4.69, 9.17) is 4.74 Å². The van der Waals surface area contributed by atoms with Crippen molar-refractivity contribution in [1.82, 2.24) is 19.1 Å². The van der Waals surface area contributed by atoms with Crippen molar-refractivity contribution in [3.8, 4) is 5.88 Å². The van der Waals surface area contributed by atoms with Gasteiger partial charge in [0.05, 0.1) is 7.11 Å². The van der Waals surface area contributed by atoms with E-state index < -0.39 is 11.2 Å². The van der Waals surface area contributed by atoms with Gasteiger partial charge in [-0.2, -0.15) is 4.98 Å². The van der Waals surface area contributed by atoms with E-state index in [2.05, 4.69) is 9.97 Å². The topological polar surface area (TPSA) is 79.0 Å². The summed E-state index contributed by atoms with van der Waals surface area (Å²) in [5, 5.41) is 0. The Morgan fingerprint density at radius 2 is 1.71 bits per heavy atom. The Labute approximate surface area is 137 Å². The van der Waals surface area contributed by atoms with Crippen LogP contribution in [0.1, 0.15) is 11.3 Å². The summed E-state index contributed by atoms with van der Waals surface area (Å²) in [6.07, 6.45) is 3.58. The number of aromatic nitrogens is 4. The Morgan fingerprint density at radius 3 is 2.38 bits per heavy atom. The van der Waals surface area contributed by atoms with Crippen LogP contribution in [0, 0.1) is 0 Å². The van der Waals surface area contributed by atoms with Gasteiger partial charge < -0.3 is 4.74 Å². The van der Waals surface area contributed by atoms with E-state index in [1.807, 2.05) is 36.4 Å². The summed E-state index contributed by atoms with van der Waals surface area (Å²) in [6.45, 7) is 0. The molecule has 1 aromatic carbocycles. The number of fused-ring (bicyclic) bond motifs is 1. The lowest BCUT2D eigenvalue weighted by Gasteiger charge is -2.09. The van der Waals surface area contributed by atoms with Gasteiger partial charge in [-0.25, -0.2) is 9.78 Å². The zero-order valence-electron chi connectivity index (χ0n) is 13.6. The first-order valence-electron chi connectivity index (χ1n) is 7.28. The molecule has 0 aliphatic heterocycles. The summed E-state index contributed by atoms with van der Waals surface area (Å²) in [7, 11) is 4.42. The van der Waals surface area contributed by atoms with Crippen molar-refractivity contribution < 1.29 is 4.74 Å². The Morgan fingerprint density at radius 1 is 1.00 bits per heavy atom. The molecule has 0 saturated carbocycles. The van der Waals surface area contributed by atoms with Crippen molar-refractivity contribution in [1.29, 1.82) is 0 Å². The standard InChI is InChI=1S/C17H16N4O3/c1-20-14-13(16(22)21(2)17(20)23)18-12(15(19-14)24-3)10-9-11-7-5-4-6-8-11/h4-10H,1-3H3. The fourth-order valence-corrected chi connectivity index (χ4v) is 2.36. The van der Waals surface area contributed by atoms with E-state index in [1.54, 1.807) is 6.08 Å². The van der Waals surface area contributed by atoms with Crippen LogP contribution in [0.2, 0.25) is 0 Å². The van der Waals surface area contributed by atoms with Crippen LogP contribution in [0.25, 0.3) is 23.3 Å². The van der Waals surface area contributed by atoms with Crippen molar-refractivity contribution in [2.24, 2.45) is 14.1 Å². The molecule has 0 unspecified atom stereocenters. The van der Waals surface area contributed by atoms with Gasteiger partial charge in [-0.3, -0.25) is 13.9 Å². The number of rotatable bonds is 3. The SMILES string of the molecule is COc1nc2c(nc1C=Cc1ccccc1)c(=O)n(C)c(=O)n2C. The zero-order chi connectivity index (χ0) is 17.3. The normalized spacial score (nSPS) is 11.3. The number of hydrogen-bond acceptors (Lipinski definition) is 5. The molecular weight excluding hydrogens is 308 g/mol.